The first-order chi connectivity index (χ1) is 11.7. The Morgan fingerprint density at radius 3 is 1.84 bits per heavy atom. The molecule has 140 valence electrons. The molecular formula is C17H27N3O5. The zero-order valence-electron chi connectivity index (χ0n) is 15.1. The van der Waals surface area contributed by atoms with E-state index in [2.05, 4.69) is 24.5 Å². The number of amides is 1. The van der Waals surface area contributed by atoms with Crippen molar-refractivity contribution >= 4 is 29.2 Å². The maximum absolute atomic E-state index is 11.8. The minimum atomic E-state index is -1.82. The molecule has 1 aromatic rings. The minimum absolute atomic E-state index is 0.00417. The lowest BCUT2D eigenvalue weighted by Gasteiger charge is -2.15. The molecule has 0 heterocycles. The van der Waals surface area contributed by atoms with Crippen LogP contribution in [0.4, 0.5) is 11.4 Å². The largest absolute Gasteiger partial charge is 0.473 e. The number of nitrogens with zero attached hydrogens (tertiary/aromatic N) is 1. The number of hydrogen-bond acceptors (Lipinski definition) is 5. The van der Waals surface area contributed by atoms with E-state index in [9.17, 15) is 4.79 Å². The van der Waals surface area contributed by atoms with Crippen molar-refractivity contribution in [2.24, 2.45) is 0 Å². The maximum atomic E-state index is 11.8. The van der Waals surface area contributed by atoms with Crippen LogP contribution in [0.25, 0.3) is 0 Å². The van der Waals surface area contributed by atoms with Crippen molar-refractivity contribution in [3.05, 3.63) is 24.3 Å². The van der Waals surface area contributed by atoms with E-state index in [0.29, 0.717) is 12.6 Å². The van der Waals surface area contributed by atoms with Crippen LogP contribution in [-0.2, 0) is 14.4 Å². The summed E-state index contributed by atoms with van der Waals surface area (Å²) in [5, 5.41) is 20.9. The number of anilines is 2. The molecule has 0 unspecified atom stereocenters. The highest BCUT2D eigenvalue weighted by atomic mass is 16.4. The van der Waals surface area contributed by atoms with Gasteiger partial charge < -0.3 is 25.7 Å². The minimum Gasteiger partial charge on any atom is -0.473 e. The van der Waals surface area contributed by atoms with Gasteiger partial charge in [-0.15, -0.1) is 0 Å². The number of benzene rings is 1. The number of carboxylic acid groups (broad SMARTS) is 2. The number of carboxylic acids is 2. The first kappa shape index (κ1) is 22.4. The Morgan fingerprint density at radius 2 is 1.48 bits per heavy atom. The zero-order chi connectivity index (χ0) is 19.4. The van der Waals surface area contributed by atoms with Gasteiger partial charge in [0.1, 0.15) is 0 Å². The predicted molar refractivity (Wildman–Crippen MR) is 97.0 cm³/mol. The fraction of sp³-hybridized carbons (Fsp3) is 0.471. The average molecular weight is 353 g/mol. The Morgan fingerprint density at radius 1 is 1.00 bits per heavy atom. The van der Waals surface area contributed by atoms with Crippen LogP contribution in [0.1, 0.15) is 26.7 Å². The van der Waals surface area contributed by atoms with Gasteiger partial charge in [0.2, 0.25) is 5.91 Å². The predicted octanol–water partition coefficient (Wildman–Crippen LogP) is 1.62. The molecule has 0 spiro atoms. The lowest BCUT2D eigenvalue weighted by atomic mass is 10.2. The van der Waals surface area contributed by atoms with E-state index in [1.165, 1.54) is 0 Å². The summed E-state index contributed by atoms with van der Waals surface area (Å²) in [6.45, 7) is 4.61. The first-order valence-electron chi connectivity index (χ1n) is 7.98. The second-order valence-corrected chi connectivity index (χ2v) is 5.49. The molecule has 1 aromatic carbocycles. The van der Waals surface area contributed by atoms with E-state index < -0.39 is 11.9 Å². The third-order valence-electron chi connectivity index (χ3n) is 3.39. The number of aliphatic carboxylic acids is 2. The Labute approximate surface area is 147 Å². The molecule has 0 aromatic heterocycles. The quantitative estimate of drug-likeness (QED) is 0.550. The second-order valence-electron chi connectivity index (χ2n) is 5.49. The number of hydrogen-bond donors (Lipinski definition) is 4. The van der Waals surface area contributed by atoms with Crippen molar-refractivity contribution in [2.45, 2.75) is 32.7 Å². The molecule has 1 rings (SSSR count). The van der Waals surface area contributed by atoms with Crippen molar-refractivity contribution in [3.8, 4) is 0 Å². The molecular weight excluding hydrogens is 326 g/mol. The van der Waals surface area contributed by atoms with Crippen LogP contribution in [0.15, 0.2) is 24.3 Å². The van der Waals surface area contributed by atoms with E-state index >= 15 is 0 Å². The van der Waals surface area contributed by atoms with Gasteiger partial charge >= 0.3 is 11.9 Å². The normalized spacial score (nSPS) is 9.80. The van der Waals surface area contributed by atoms with E-state index in [1.54, 1.807) is 0 Å². The average Bonchev–Trinajstić information content (AvgIpc) is 2.56. The van der Waals surface area contributed by atoms with Crippen molar-refractivity contribution in [1.82, 2.24) is 5.32 Å². The standard InChI is InChI=1S/C15H25N3O.C2H2O4/c1-5-12(6-2)16-11-15(19)17-13-7-9-14(10-8-13)18(3)4;3-1(4)2(5)6/h7-10,12,16H,5-6,11H2,1-4H3,(H,17,19);(H,3,4)(H,5,6). The monoisotopic (exact) mass is 353 g/mol. The zero-order valence-corrected chi connectivity index (χ0v) is 15.1. The molecule has 0 bridgehead atoms. The molecule has 0 saturated carbocycles. The number of nitrogens with one attached hydrogen (secondary N) is 2. The van der Waals surface area contributed by atoms with Gasteiger partial charge in [-0.25, -0.2) is 9.59 Å². The van der Waals surface area contributed by atoms with Crippen LogP contribution in [0, 0.1) is 0 Å². The highest BCUT2D eigenvalue weighted by Crippen LogP contribution is 2.15. The molecule has 8 nitrogen and oxygen atoms in total. The van der Waals surface area contributed by atoms with Crippen LogP contribution in [0.2, 0.25) is 0 Å². The Balaban J connectivity index is 0.000000823. The van der Waals surface area contributed by atoms with E-state index in [4.69, 9.17) is 19.8 Å². The summed E-state index contributed by atoms with van der Waals surface area (Å²) in [6, 6.07) is 8.24. The second kappa shape index (κ2) is 11.9. The molecule has 1 amide bonds. The summed E-state index contributed by atoms with van der Waals surface area (Å²) in [5.41, 5.74) is 1.95. The first-order valence-corrected chi connectivity index (χ1v) is 7.98. The van der Waals surface area contributed by atoms with Gasteiger partial charge in [0.25, 0.3) is 0 Å². The molecule has 0 fully saturated rings. The Bertz CT molecular complexity index is 542. The van der Waals surface area contributed by atoms with Crippen molar-refractivity contribution in [2.75, 3.05) is 30.9 Å². The van der Waals surface area contributed by atoms with Gasteiger partial charge in [0.15, 0.2) is 0 Å². The van der Waals surface area contributed by atoms with Crippen molar-refractivity contribution < 1.29 is 24.6 Å². The van der Waals surface area contributed by atoms with E-state index in [0.717, 1.165) is 24.2 Å². The van der Waals surface area contributed by atoms with Gasteiger partial charge in [-0.1, -0.05) is 13.8 Å². The van der Waals surface area contributed by atoms with Crippen LogP contribution in [0.5, 0.6) is 0 Å². The fourth-order valence-electron chi connectivity index (χ4n) is 1.86. The van der Waals surface area contributed by atoms with Gasteiger partial charge in [0, 0.05) is 31.5 Å². The van der Waals surface area contributed by atoms with Crippen LogP contribution in [-0.4, -0.2) is 54.7 Å². The summed E-state index contributed by atoms with van der Waals surface area (Å²) in [7, 11) is 3.99. The van der Waals surface area contributed by atoms with Gasteiger partial charge in [-0.3, -0.25) is 4.79 Å². The Kier molecular flexibility index (Phi) is 10.6. The van der Waals surface area contributed by atoms with Crippen molar-refractivity contribution in [1.29, 1.82) is 0 Å². The van der Waals surface area contributed by atoms with Crippen LogP contribution >= 0.6 is 0 Å². The Hall–Kier alpha value is -2.61. The lowest BCUT2D eigenvalue weighted by molar-refractivity contribution is -0.159. The topological polar surface area (TPSA) is 119 Å². The van der Waals surface area contributed by atoms with E-state index in [-0.39, 0.29) is 5.91 Å². The third kappa shape index (κ3) is 9.98. The van der Waals surface area contributed by atoms with Crippen LogP contribution < -0.4 is 15.5 Å². The van der Waals surface area contributed by atoms with E-state index in [1.807, 2.05) is 43.3 Å². The SMILES string of the molecule is CCC(CC)NCC(=O)Nc1ccc(N(C)C)cc1.O=C(O)C(=O)O. The smallest absolute Gasteiger partial charge is 0.414 e. The molecule has 25 heavy (non-hydrogen) atoms. The fourth-order valence-corrected chi connectivity index (χ4v) is 1.86. The van der Waals surface area contributed by atoms with Gasteiger partial charge in [0.05, 0.1) is 6.54 Å². The van der Waals surface area contributed by atoms with Crippen molar-refractivity contribution in [3.63, 3.8) is 0 Å². The number of carbonyl (C=O) groups excluding carboxylic acids is 1. The summed E-state index contributed by atoms with van der Waals surface area (Å²) in [5.74, 6) is -3.64. The number of rotatable bonds is 7. The molecule has 0 aliphatic carbocycles. The summed E-state index contributed by atoms with van der Waals surface area (Å²) in [4.78, 5) is 32.0. The van der Waals surface area contributed by atoms with Gasteiger partial charge in [-0.05, 0) is 37.1 Å². The number of carbonyl (C=O) groups is 3. The molecule has 0 atom stereocenters. The summed E-state index contributed by atoms with van der Waals surface area (Å²) in [6.07, 6.45) is 2.09. The molecule has 0 aliphatic rings. The summed E-state index contributed by atoms with van der Waals surface area (Å²) < 4.78 is 0. The van der Waals surface area contributed by atoms with Crippen LogP contribution in [0.3, 0.4) is 0 Å². The van der Waals surface area contributed by atoms with Gasteiger partial charge in [-0.2, -0.15) is 0 Å². The highest BCUT2D eigenvalue weighted by Gasteiger charge is 2.07. The molecule has 4 N–H and O–H groups in total. The molecule has 0 radical (unpaired) electrons. The molecule has 0 saturated heterocycles. The molecule has 8 heteroatoms. The molecule has 0 aliphatic heterocycles. The third-order valence-corrected chi connectivity index (χ3v) is 3.39. The summed E-state index contributed by atoms with van der Waals surface area (Å²) >= 11 is 0. The highest BCUT2D eigenvalue weighted by molar-refractivity contribution is 6.27. The maximum Gasteiger partial charge on any atom is 0.414 e. The lowest BCUT2D eigenvalue weighted by Crippen LogP contribution is -2.35.